The second-order valence-corrected chi connectivity index (χ2v) is 4.74. The van der Waals surface area contributed by atoms with Crippen molar-refractivity contribution in [2.45, 2.75) is 45.1 Å². The lowest BCUT2D eigenvalue weighted by atomic mass is 10.0. The van der Waals surface area contributed by atoms with E-state index in [0.717, 1.165) is 6.42 Å². The molecule has 0 saturated carbocycles. The summed E-state index contributed by atoms with van der Waals surface area (Å²) in [5, 5.41) is 3.46. The number of esters is 1. The van der Waals surface area contributed by atoms with Crippen molar-refractivity contribution in [2.75, 3.05) is 13.7 Å². The molecule has 19 heavy (non-hydrogen) atoms. The fraction of sp³-hybridized carbons (Fsp3) is 0.562. The van der Waals surface area contributed by atoms with Crippen LogP contribution < -0.4 is 5.32 Å². The zero-order chi connectivity index (χ0) is 13.9. The Morgan fingerprint density at radius 1 is 1.26 bits per heavy atom. The smallest absolute Gasteiger partial charge is 0.306 e. The van der Waals surface area contributed by atoms with Crippen LogP contribution >= 0.6 is 0 Å². The molecule has 1 aromatic rings. The molecule has 0 aliphatic heterocycles. The Hall–Kier alpha value is -1.35. The molecular weight excluding hydrogens is 238 g/mol. The Labute approximate surface area is 116 Å². The maximum Gasteiger partial charge on any atom is 0.306 e. The first-order valence-electron chi connectivity index (χ1n) is 7.13. The van der Waals surface area contributed by atoms with Gasteiger partial charge in [0.15, 0.2) is 0 Å². The lowest BCUT2D eigenvalue weighted by Gasteiger charge is -2.19. The average Bonchev–Trinajstić information content (AvgIpc) is 2.46. The van der Waals surface area contributed by atoms with E-state index in [9.17, 15) is 4.79 Å². The van der Waals surface area contributed by atoms with E-state index in [-0.39, 0.29) is 5.97 Å². The lowest BCUT2D eigenvalue weighted by molar-refractivity contribution is -0.140. The zero-order valence-electron chi connectivity index (χ0n) is 12.0. The van der Waals surface area contributed by atoms with Crippen molar-refractivity contribution in [1.82, 2.24) is 5.32 Å². The monoisotopic (exact) mass is 263 g/mol. The van der Waals surface area contributed by atoms with E-state index in [1.54, 1.807) is 0 Å². The number of nitrogens with one attached hydrogen (secondary N) is 1. The molecule has 1 N–H and O–H groups in total. The Balaban J connectivity index is 2.47. The third-order valence-electron chi connectivity index (χ3n) is 3.25. The van der Waals surface area contributed by atoms with Crippen LogP contribution in [0.5, 0.6) is 0 Å². The molecule has 0 fully saturated rings. The number of methoxy groups -OCH3 is 1. The molecule has 3 heteroatoms. The van der Waals surface area contributed by atoms with Crippen molar-refractivity contribution < 1.29 is 9.53 Å². The molecule has 0 aromatic heterocycles. The van der Waals surface area contributed by atoms with Gasteiger partial charge in [-0.1, -0.05) is 56.5 Å². The molecule has 106 valence electrons. The van der Waals surface area contributed by atoms with E-state index in [1.807, 2.05) is 6.07 Å². The minimum absolute atomic E-state index is 0.159. The van der Waals surface area contributed by atoms with Gasteiger partial charge in [0, 0.05) is 12.6 Å². The molecule has 1 rings (SSSR count). The standard InChI is InChI=1S/C16H25NO2/c1-3-4-6-11-15(14-9-7-5-8-10-14)17-13-12-16(18)19-2/h5,7-10,15,17H,3-4,6,11-13H2,1-2H3. The number of unbranched alkanes of at least 4 members (excludes halogenated alkanes) is 2. The highest BCUT2D eigenvalue weighted by Crippen LogP contribution is 2.19. The van der Waals surface area contributed by atoms with E-state index in [1.165, 1.54) is 31.9 Å². The van der Waals surface area contributed by atoms with Crippen LogP contribution in [0.4, 0.5) is 0 Å². The molecule has 0 aliphatic rings. The lowest BCUT2D eigenvalue weighted by Crippen LogP contribution is -2.24. The van der Waals surface area contributed by atoms with Crippen LogP contribution in [0.15, 0.2) is 30.3 Å². The minimum Gasteiger partial charge on any atom is -0.469 e. The Morgan fingerprint density at radius 3 is 2.63 bits per heavy atom. The van der Waals surface area contributed by atoms with Gasteiger partial charge in [-0.05, 0) is 12.0 Å². The summed E-state index contributed by atoms with van der Waals surface area (Å²) < 4.78 is 4.66. The van der Waals surface area contributed by atoms with Gasteiger partial charge in [0.1, 0.15) is 0 Å². The first-order valence-corrected chi connectivity index (χ1v) is 7.13. The number of carbonyl (C=O) groups is 1. The molecule has 0 bridgehead atoms. The van der Waals surface area contributed by atoms with E-state index in [0.29, 0.717) is 19.0 Å². The van der Waals surface area contributed by atoms with Gasteiger partial charge in [0.2, 0.25) is 0 Å². The molecule has 1 atom stereocenters. The van der Waals surface area contributed by atoms with Crippen LogP contribution in [0.25, 0.3) is 0 Å². The normalized spacial score (nSPS) is 12.1. The predicted octanol–water partition coefficient (Wildman–Crippen LogP) is 3.46. The van der Waals surface area contributed by atoms with Crippen molar-refractivity contribution in [3.05, 3.63) is 35.9 Å². The summed E-state index contributed by atoms with van der Waals surface area (Å²) in [5.74, 6) is -0.159. The van der Waals surface area contributed by atoms with Crippen LogP contribution in [0, 0.1) is 0 Å². The first kappa shape index (κ1) is 15.7. The molecule has 0 radical (unpaired) electrons. The highest BCUT2D eigenvalue weighted by Gasteiger charge is 2.10. The fourth-order valence-electron chi connectivity index (χ4n) is 2.12. The summed E-state index contributed by atoms with van der Waals surface area (Å²) in [5.41, 5.74) is 1.29. The summed E-state index contributed by atoms with van der Waals surface area (Å²) in [6.45, 7) is 2.88. The van der Waals surface area contributed by atoms with Crippen LogP contribution in [0.3, 0.4) is 0 Å². The van der Waals surface area contributed by atoms with E-state index >= 15 is 0 Å². The molecular formula is C16H25NO2. The maximum absolute atomic E-state index is 11.1. The molecule has 1 unspecified atom stereocenters. The van der Waals surface area contributed by atoms with Gasteiger partial charge in [-0.2, -0.15) is 0 Å². The van der Waals surface area contributed by atoms with E-state index < -0.39 is 0 Å². The molecule has 3 nitrogen and oxygen atoms in total. The number of carbonyl (C=O) groups excluding carboxylic acids is 1. The summed E-state index contributed by atoms with van der Waals surface area (Å²) >= 11 is 0. The third kappa shape index (κ3) is 6.39. The summed E-state index contributed by atoms with van der Waals surface area (Å²) in [4.78, 5) is 11.1. The van der Waals surface area contributed by atoms with Crippen LogP contribution in [-0.2, 0) is 9.53 Å². The average molecular weight is 263 g/mol. The summed E-state index contributed by atoms with van der Waals surface area (Å²) in [6.07, 6.45) is 5.22. The molecule has 0 amide bonds. The molecule has 0 saturated heterocycles. The zero-order valence-corrected chi connectivity index (χ0v) is 12.0. The maximum atomic E-state index is 11.1. The molecule has 0 aliphatic carbocycles. The number of hydrogen-bond acceptors (Lipinski definition) is 3. The highest BCUT2D eigenvalue weighted by atomic mass is 16.5. The molecule has 0 heterocycles. The van der Waals surface area contributed by atoms with Crippen LogP contribution in [0.2, 0.25) is 0 Å². The van der Waals surface area contributed by atoms with E-state index in [4.69, 9.17) is 0 Å². The molecule has 1 aromatic carbocycles. The second kappa shape index (κ2) is 9.56. The fourth-order valence-corrected chi connectivity index (χ4v) is 2.12. The highest BCUT2D eigenvalue weighted by molar-refractivity contribution is 5.69. The summed E-state index contributed by atoms with van der Waals surface area (Å²) in [6, 6.07) is 10.8. The van der Waals surface area contributed by atoms with Gasteiger partial charge in [-0.15, -0.1) is 0 Å². The van der Waals surface area contributed by atoms with Gasteiger partial charge >= 0.3 is 5.97 Å². The SMILES string of the molecule is CCCCCC(NCCC(=O)OC)c1ccccc1. The number of hydrogen-bond donors (Lipinski definition) is 1. The van der Waals surface area contributed by atoms with Crippen molar-refractivity contribution in [1.29, 1.82) is 0 Å². The van der Waals surface area contributed by atoms with Crippen molar-refractivity contribution in [2.24, 2.45) is 0 Å². The van der Waals surface area contributed by atoms with Gasteiger partial charge in [0.25, 0.3) is 0 Å². The second-order valence-electron chi connectivity index (χ2n) is 4.74. The van der Waals surface area contributed by atoms with Crippen molar-refractivity contribution >= 4 is 5.97 Å². The van der Waals surface area contributed by atoms with Crippen molar-refractivity contribution in [3.8, 4) is 0 Å². The van der Waals surface area contributed by atoms with Crippen LogP contribution in [-0.4, -0.2) is 19.6 Å². The third-order valence-corrected chi connectivity index (χ3v) is 3.25. The largest absolute Gasteiger partial charge is 0.469 e. The van der Waals surface area contributed by atoms with Gasteiger partial charge in [-0.25, -0.2) is 0 Å². The topological polar surface area (TPSA) is 38.3 Å². The van der Waals surface area contributed by atoms with Crippen LogP contribution in [0.1, 0.15) is 50.6 Å². The number of ether oxygens (including phenoxy) is 1. The van der Waals surface area contributed by atoms with Gasteiger partial charge in [-0.3, -0.25) is 4.79 Å². The Morgan fingerprint density at radius 2 is 2.00 bits per heavy atom. The first-order chi connectivity index (χ1) is 9.27. The molecule has 0 spiro atoms. The number of rotatable bonds is 9. The summed E-state index contributed by atoms with van der Waals surface area (Å²) in [7, 11) is 1.43. The van der Waals surface area contributed by atoms with Crippen molar-refractivity contribution in [3.63, 3.8) is 0 Å². The van der Waals surface area contributed by atoms with Gasteiger partial charge < -0.3 is 10.1 Å². The predicted molar refractivity (Wildman–Crippen MR) is 78.0 cm³/mol. The minimum atomic E-state index is -0.159. The van der Waals surface area contributed by atoms with Gasteiger partial charge in [0.05, 0.1) is 13.5 Å². The number of benzene rings is 1. The Bertz CT molecular complexity index is 351. The quantitative estimate of drug-likeness (QED) is 0.547. The van der Waals surface area contributed by atoms with E-state index in [2.05, 4.69) is 41.2 Å². The Kier molecular flexibility index (Phi) is 7.91.